The number of fused-ring (bicyclic) bond motifs is 1. The highest BCUT2D eigenvalue weighted by Crippen LogP contribution is 2.25. The Morgan fingerprint density at radius 2 is 1.94 bits per heavy atom. The number of rotatable bonds is 2. The molecule has 1 aliphatic rings. The summed E-state index contributed by atoms with van der Waals surface area (Å²) in [5, 5.41) is 0. The van der Waals surface area contributed by atoms with E-state index in [0.717, 1.165) is 26.3 Å². The Balaban J connectivity index is 2.01. The highest BCUT2D eigenvalue weighted by molar-refractivity contribution is 5.51. The highest BCUT2D eigenvalue weighted by atomic mass is 16.5. The minimum Gasteiger partial charge on any atom is -0.379 e. The summed E-state index contributed by atoms with van der Waals surface area (Å²) in [6.07, 6.45) is 2.16. The summed E-state index contributed by atoms with van der Waals surface area (Å²) in [6.45, 7) is 8.26. The number of ether oxygens (including phenoxy) is 1. The molecule has 3 heterocycles. The molecule has 0 amide bonds. The summed E-state index contributed by atoms with van der Waals surface area (Å²) in [6, 6.07) is 9.12. The maximum atomic E-state index is 5.44. The third-order valence-electron chi connectivity index (χ3n) is 3.94. The fourth-order valence-corrected chi connectivity index (χ4v) is 2.90. The van der Waals surface area contributed by atoms with Crippen molar-refractivity contribution in [2.24, 2.45) is 0 Å². The molecule has 2 aromatic heterocycles. The fourth-order valence-electron chi connectivity index (χ4n) is 2.90. The molecular formula is C15H20N2O. The number of nitrogens with zero attached hydrogens (tertiary/aromatic N) is 2. The van der Waals surface area contributed by atoms with Gasteiger partial charge in [0.15, 0.2) is 0 Å². The van der Waals surface area contributed by atoms with Gasteiger partial charge in [-0.1, -0.05) is 6.07 Å². The van der Waals surface area contributed by atoms with Crippen LogP contribution in [-0.4, -0.2) is 35.6 Å². The van der Waals surface area contributed by atoms with Gasteiger partial charge in [-0.05, 0) is 37.6 Å². The molecule has 0 N–H and O–H groups in total. The largest absolute Gasteiger partial charge is 0.379 e. The lowest BCUT2D eigenvalue weighted by Crippen LogP contribution is -2.38. The van der Waals surface area contributed by atoms with E-state index in [2.05, 4.69) is 53.6 Å². The molecule has 1 saturated heterocycles. The Hall–Kier alpha value is -1.32. The number of hydrogen-bond donors (Lipinski definition) is 0. The van der Waals surface area contributed by atoms with Crippen molar-refractivity contribution in [3.8, 4) is 0 Å². The zero-order valence-electron chi connectivity index (χ0n) is 11.1. The molecule has 1 unspecified atom stereocenters. The van der Waals surface area contributed by atoms with Gasteiger partial charge in [0.2, 0.25) is 0 Å². The minimum absolute atomic E-state index is 0.435. The predicted molar refractivity (Wildman–Crippen MR) is 72.9 cm³/mol. The lowest BCUT2D eigenvalue weighted by molar-refractivity contribution is 0.0187. The molecule has 96 valence electrons. The minimum atomic E-state index is 0.435. The second-order valence-electron chi connectivity index (χ2n) is 5.03. The van der Waals surface area contributed by atoms with Gasteiger partial charge in [-0.2, -0.15) is 0 Å². The van der Waals surface area contributed by atoms with E-state index in [-0.39, 0.29) is 0 Å². The lowest BCUT2D eigenvalue weighted by atomic mass is 10.1. The molecule has 0 radical (unpaired) electrons. The van der Waals surface area contributed by atoms with Gasteiger partial charge in [0, 0.05) is 36.5 Å². The van der Waals surface area contributed by atoms with Gasteiger partial charge >= 0.3 is 0 Å². The Labute approximate surface area is 108 Å². The molecular weight excluding hydrogens is 224 g/mol. The number of pyridine rings is 1. The van der Waals surface area contributed by atoms with Gasteiger partial charge in [-0.3, -0.25) is 4.90 Å². The van der Waals surface area contributed by atoms with Crippen LogP contribution in [0.15, 0.2) is 30.5 Å². The van der Waals surface area contributed by atoms with Crippen LogP contribution in [0, 0.1) is 6.92 Å². The molecule has 0 aliphatic carbocycles. The first-order valence-electron chi connectivity index (χ1n) is 6.66. The number of morpholine rings is 1. The molecule has 3 heteroatoms. The fraction of sp³-hybridized carbons (Fsp3) is 0.467. The first kappa shape index (κ1) is 11.8. The summed E-state index contributed by atoms with van der Waals surface area (Å²) in [5.41, 5.74) is 4.04. The summed E-state index contributed by atoms with van der Waals surface area (Å²) >= 11 is 0. The Bertz CT molecular complexity index is 540. The molecule has 1 fully saturated rings. The van der Waals surface area contributed by atoms with Crippen molar-refractivity contribution in [2.45, 2.75) is 19.9 Å². The van der Waals surface area contributed by atoms with Gasteiger partial charge in [0.05, 0.1) is 13.2 Å². The third kappa shape index (κ3) is 1.93. The molecule has 0 bridgehead atoms. The summed E-state index contributed by atoms with van der Waals surface area (Å²) in [4.78, 5) is 2.51. The lowest BCUT2D eigenvalue weighted by Gasteiger charge is -2.33. The molecule has 3 nitrogen and oxygen atoms in total. The first-order chi connectivity index (χ1) is 8.77. The van der Waals surface area contributed by atoms with Crippen molar-refractivity contribution in [1.82, 2.24) is 9.30 Å². The standard InChI is InChI=1S/C15H20N2O/c1-12-5-6-14-4-3-7-17(14)15(12)13(2)16-8-10-18-11-9-16/h3-7,13H,8-11H2,1-2H3. The van der Waals surface area contributed by atoms with Gasteiger partial charge in [-0.15, -0.1) is 0 Å². The highest BCUT2D eigenvalue weighted by Gasteiger charge is 2.21. The second kappa shape index (κ2) is 4.75. The average molecular weight is 244 g/mol. The molecule has 1 atom stereocenters. The van der Waals surface area contributed by atoms with Crippen molar-refractivity contribution in [3.63, 3.8) is 0 Å². The quantitative estimate of drug-likeness (QED) is 0.807. The van der Waals surface area contributed by atoms with Gasteiger partial charge in [0.1, 0.15) is 0 Å². The molecule has 0 saturated carbocycles. The smallest absolute Gasteiger partial charge is 0.0594 e. The summed E-state index contributed by atoms with van der Waals surface area (Å²) < 4.78 is 7.75. The van der Waals surface area contributed by atoms with Crippen LogP contribution in [0.1, 0.15) is 24.2 Å². The van der Waals surface area contributed by atoms with Crippen LogP contribution in [0.25, 0.3) is 5.52 Å². The van der Waals surface area contributed by atoms with E-state index in [4.69, 9.17) is 4.74 Å². The predicted octanol–water partition coefficient (Wildman–Crippen LogP) is 2.64. The van der Waals surface area contributed by atoms with E-state index < -0.39 is 0 Å². The van der Waals surface area contributed by atoms with Crippen LogP contribution < -0.4 is 0 Å². The molecule has 0 spiro atoms. The molecule has 18 heavy (non-hydrogen) atoms. The van der Waals surface area contributed by atoms with Gasteiger partial charge < -0.3 is 9.14 Å². The van der Waals surface area contributed by atoms with E-state index >= 15 is 0 Å². The molecule has 2 aromatic rings. The van der Waals surface area contributed by atoms with Gasteiger partial charge in [0.25, 0.3) is 0 Å². The van der Waals surface area contributed by atoms with Crippen LogP contribution in [0.2, 0.25) is 0 Å². The number of aryl methyl sites for hydroxylation is 1. The summed E-state index contributed by atoms with van der Waals surface area (Å²) in [5.74, 6) is 0. The van der Waals surface area contributed by atoms with Crippen LogP contribution in [0.4, 0.5) is 0 Å². The topological polar surface area (TPSA) is 16.9 Å². The van der Waals surface area contributed by atoms with E-state index in [1.807, 2.05) is 0 Å². The van der Waals surface area contributed by atoms with E-state index in [9.17, 15) is 0 Å². The number of aromatic nitrogens is 1. The van der Waals surface area contributed by atoms with E-state index in [1.165, 1.54) is 16.8 Å². The maximum absolute atomic E-state index is 5.44. The van der Waals surface area contributed by atoms with E-state index in [1.54, 1.807) is 0 Å². The Morgan fingerprint density at radius 3 is 2.72 bits per heavy atom. The molecule has 3 rings (SSSR count). The maximum Gasteiger partial charge on any atom is 0.0594 e. The molecule has 1 aliphatic heterocycles. The summed E-state index contributed by atoms with van der Waals surface area (Å²) in [7, 11) is 0. The van der Waals surface area contributed by atoms with Crippen molar-refractivity contribution in [2.75, 3.05) is 26.3 Å². The normalized spacial score (nSPS) is 19.2. The van der Waals surface area contributed by atoms with Crippen molar-refractivity contribution < 1.29 is 4.74 Å². The monoisotopic (exact) mass is 244 g/mol. The third-order valence-corrected chi connectivity index (χ3v) is 3.94. The van der Waals surface area contributed by atoms with E-state index in [0.29, 0.717) is 6.04 Å². The average Bonchev–Trinajstić information content (AvgIpc) is 2.87. The SMILES string of the molecule is Cc1ccc2cccn2c1C(C)N1CCOCC1. The van der Waals surface area contributed by atoms with Crippen LogP contribution in [0.5, 0.6) is 0 Å². The zero-order valence-corrected chi connectivity index (χ0v) is 11.1. The van der Waals surface area contributed by atoms with Crippen LogP contribution >= 0.6 is 0 Å². The van der Waals surface area contributed by atoms with Crippen LogP contribution in [0.3, 0.4) is 0 Å². The first-order valence-corrected chi connectivity index (χ1v) is 6.66. The Kier molecular flexibility index (Phi) is 3.10. The Morgan fingerprint density at radius 1 is 1.17 bits per heavy atom. The zero-order chi connectivity index (χ0) is 12.5. The number of hydrogen-bond acceptors (Lipinski definition) is 2. The second-order valence-corrected chi connectivity index (χ2v) is 5.03. The van der Waals surface area contributed by atoms with Gasteiger partial charge in [-0.25, -0.2) is 0 Å². The van der Waals surface area contributed by atoms with Crippen molar-refractivity contribution in [1.29, 1.82) is 0 Å². The molecule has 0 aromatic carbocycles. The van der Waals surface area contributed by atoms with Crippen LogP contribution in [-0.2, 0) is 4.74 Å². The van der Waals surface area contributed by atoms with Crippen molar-refractivity contribution >= 4 is 5.52 Å². The van der Waals surface area contributed by atoms with Crippen molar-refractivity contribution in [3.05, 3.63) is 41.7 Å².